The summed E-state index contributed by atoms with van der Waals surface area (Å²) in [5, 5.41) is 7.22. The van der Waals surface area contributed by atoms with Crippen molar-refractivity contribution in [3.05, 3.63) is 36.0 Å². The van der Waals surface area contributed by atoms with E-state index in [1.165, 1.54) is 12.8 Å². The number of H-pyrrole nitrogens is 1. The van der Waals surface area contributed by atoms with Crippen LogP contribution in [0.15, 0.2) is 30.3 Å². The van der Waals surface area contributed by atoms with Crippen LogP contribution in [-0.2, 0) is 0 Å². The number of likely N-dealkylation sites (tertiary alicyclic amines) is 1. The fourth-order valence-corrected chi connectivity index (χ4v) is 3.78. The molecular weight excluding hydrogens is 340 g/mol. The largest absolute Gasteiger partial charge is 0.493 e. The third-order valence-electron chi connectivity index (χ3n) is 5.47. The smallest absolute Gasteiger partial charge is 0.271 e. The van der Waals surface area contributed by atoms with E-state index in [0.717, 1.165) is 23.6 Å². The van der Waals surface area contributed by atoms with Crippen LogP contribution in [0.5, 0.6) is 5.75 Å². The predicted octanol–water partition coefficient (Wildman–Crippen LogP) is 2.92. The molecule has 2 aromatic rings. The van der Waals surface area contributed by atoms with Crippen LogP contribution in [0.3, 0.4) is 0 Å². The topological polar surface area (TPSA) is 84.2 Å². The minimum Gasteiger partial charge on any atom is -0.493 e. The number of amides is 1. The van der Waals surface area contributed by atoms with Gasteiger partial charge in [0, 0.05) is 24.7 Å². The van der Waals surface area contributed by atoms with Crippen molar-refractivity contribution >= 4 is 5.91 Å². The Morgan fingerprint density at radius 3 is 2.70 bits per heavy atom. The second-order valence-electron chi connectivity index (χ2n) is 8.27. The molecule has 0 radical (unpaired) electrons. The van der Waals surface area contributed by atoms with Gasteiger partial charge >= 0.3 is 0 Å². The molecule has 3 N–H and O–H groups in total. The summed E-state index contributed by atoms with van der Waals surface area (Å²) in [5.74, 6) is 2.49. The Kier molecular flexibility index (Phi) is 4.91. The Bertz CT molecular complexity index is 795. The summed E-state index contributed by atoms with van der Waals surface area (Å²) in [6.45, 7) is 6.34. The number of ether oxygens (including phenoxy) is 1. The van der Waals surface area contributed by atoms with Crippen molar-refractivity contribution in [2.45, 2.75) is 32.7 Å². The molecule has 1 saturated heterocycles. The van der Waals surface area contributed by atoms with Gasteiger partial charge in [0.15, 0.2) is 0 Å². The number of nitrogens with zero attached hydrogens (tertiary/aromatic N) is 2. The average Bonchev–Trinajstić information content (AvgIpc) is 3.24. The van der Waals surface area contributed by atoms with E-state index < -0.39 is 0 Å². The molecule has 2 aliphatic rings. The van der Waals surface area contributed by atoms with Crippen molar-refractivity contribution in [1.29, 1.82) is 0 Å². The Hall–Kier alpha value is -2.34. The molecule has 2 atom stereocenters. The number of hydrogen-bond acceptors (Lipinski definition) is 4. The molecular formula is C21H28N4O2. The normalized spacial score (nSPS) is 22.4. The first-order chi connectivity index (χ1) is 13.0. The minimum absolute atomic E-state index is 0.00997. The van der Waals surface area contributed by atoms with Gasteiger partial charge in [-0.05, 0) is 60.9 Å². The van der Waals surface area contributed by atoms with E-state index in [0.29, 0.717) is 36.6 Å². The number of carbonyl (C=O) groups is 1. The molecule has 144 valence electrons. The van der Waals surface area contributed by atoms with Gasteiger partial charge in [0.05, 0.1) is 12.3 Å². The highest BCUT2D eigenvalue weighted by molar-refractivity contribution is 5.93. The van der Waals surface area contributed by atoms with Crippen LogP contribution < -0.4 is 10.5 Å². The van der Waals surface area contributed by atoms with E-state index in [4.69, 9.17) is 10.5 Å². The number of nitrogens with two attached hydrogens (primary N) is 1. The number of aromatic nitrogens is 2. The SMILES string of the molecule is CC(C)COc1ccc(-c2cc(C(=O)N3C[C@H](C4CC4)[C@@H](N)C3)[nH]n2)cc1. The summed E-state index contributed by atoms with van der Waals surface area (Å²) >= 11 is 0. The van der Waals surface area contributed by atoms with Crippen molar-refractivity contribution in [3.8, 4) is 17.0 Å². The third-order valence-corrected chi connectivity index (χ3v) is 5.47. The maximum atomic E-state index is 12.8. The standard InChI is InChI=1S/C21H28N4O2/c1-13(2)12-27-16-7-5-15(6-8-16)19-9-20(24-23-19)21(26)25-10-17(14-3-4-14)18(22)11-25/h5-9,13-14,17-18H,3-4,10-12,22H2,1-2H3,(H,23,24)/t17-,18+/m1/s1. The summed E-state index contributed by atoms with van der Waals surface area (Å²) in [5.41, 5.74) is 8.49. The van der Waals surface area contributed by atoms with Crippen LogP contribution in [0.2, 0.25) is 0 Å². The van der Waals surface area contributed by atoms with Gasteiger partial charge < -0.3 is 15.4 Å². The molecule has 1 aromatic carbocycles. The molecule has 1 aliphatic heterocycles. The quantitative estimate of drug-likeness (QED) is 0.821. The molecule has 0 unspecified atom stereocenters. The molecule has 0 spiro atoms. The van der Waals surface area contributed by atoms with Gasteiger partial charge in [0.1, 0.15) is 11.4 Å². The zero-order valence-electron chi connectivity index (χ0n) is 16.0. The van der Waals surface area contributed by atoms with E-state index >= 15 is 0 Å². The van der Waals surface area contributed by atoms with Gasteiger partial charge in [0.2, 0.25) is 0 Å². The average molecular weight is 368 g/mol. The molecule has 0 bridgehead atoms. The van der Waals surface area contributed by atoms with Crippen LogP contribution in [-0.4, -0.2) is 46.7 Å². The molecule has 2 heterocycles. The molecule has 27 heavy (non-hydrogen) atoms. The fraction of sp³-hybridized carbons (Fsp3) is 0.524. The van der Waals surface area contributed by atoms with Crippen molar-refractivity contribution in [2.24, 2.45) is 23.5 Å². The van der Waals surface area contributed by atoms with E-state index in [1.807, 2.05) is 35.2 Å². The van der Waals surface area contributed by atoms with Gasteiger partial charge in [0.25, 0.3) is 5.91 Å². The molecule has 2 fully saturated rings. The first kappa shape index (κ1) is 18.0. The lowest BCUT2D eigenvalue weighted by atomic mass is 9.99. The molecule has 6 nitrogen and oxygen atoms in total. The van der Waals surface area contributed by atoms with E-state index in [9.17, 15) is 4.79 Å². The number of benzene rings is 1. The zero-order valence-corrected chi connectivity index (χ0v) is 16.0. The minimum atomic E-state index is -0.00997. The van der Waals surface area contributed by atoms with Crippen LogP contribution in [0.25, 0.3) is 11.3 Å². The Balaban J connectivity index is 1.41. The lowest BCUT2D eigenvalue weighted by Crippen LogP contribution is -2.32. The fourth-order valence-electron chi connectivity index (χ4n) is 3.78. The monoisotopic (exact) mass is 368 g/mol. The third kappa shape index (κ3) is 4.00. The van der Waals surface area contributed by atoms with Crippen LogP contribution in [0.1, 0.15) is 37.2 Å². The molecule has 1 aromatic heterocycles. The number of carbonyl (C=O) groups excluding carboxylic acids is 1. The Labute approximate surface area is 160 Å². The summed E-state index contributed by atoms with van der Waals surface area (Å²) < 4.78 is 5.71. The van der Waals surface area contributed by atoms with Gasteiger partial charge in [-0.3, -0.25) is 9.89 Å². The summed E-state index contributed by atoms with van der Waals surface area (Å²) in [4.78, 5) is 14.7. The van der Waals surface area contributed by atoms with Gasteiger partial charge in [-0.2, -0.15) is 5.10 Å². The lowest BCUT2D eigenvalue weighted by molar-refractivity contribution is 0.0779. The van der Waals surface area contributed by atoms with Gasteiger partial charge in [-0.25, -0.2) is 0 Å². The second-order valence-corrected chi connectivity index (χ2v) is 8.27. The molecule has 6 heteroatoms. The second kappa shape index (κ2) is 7.35. The number of nitrogens with one attached hydrogen (secondary N) is 1. The van der Waals surface area contributed by atoms with Gasteiger partial charge in [-0.15, -0.1) is 0 Å². The van der Waals surface area contributed by atoms with Crippen molar-refractivity contribution in [3.63, 3.8) is 0 Å². The van der Waals surface area contributed by atoms with Crippen molar-refractivity contribution < 1.29 is 9.53 Å². The van der Waals surface area contributed by atoms with E-state index in [1.54, 1.807) is 0 Å². The highest BCUT2D eigenvalue weighted by Gasteiger charge is 2.42. The Morgan fingerprint density at radius 2 is 2.04 bits per heavy atom. The maximum Gasteiger partial charge on any atom is 0.271 e. The summed E-state index contributed by atoms with van der Waals surface area (Å²) in [6, 6.07) is 9.73. The zero-order chi connectivity index (χ0) is 19.0. The van der Waals surface area contributed by atoms with Crippen LogP contribution in [0.4, 0.5) is 0 Å². The lowest BCUT2D eigenvalue weighted by Gasteiger charge is -2.14. The molecule has 1 saturated carbocycles. The van der Waals surface area contributed by atoms with Crippen LogP contribution in [0, 0.1) is 17.8 Å². The predicted molar refractivity (Wildman–Crippen MR) is 104 cm³/mol. The number of rotatable bonds is 6. The van der Waals surface area contributed by atoms with Crippen LogP contribution >= 0.6 is 0 Å². The van der Waals surface area contributed by atoms with E-state index in [2.05, 4.69) is 24.0 Å². The molecule has 1 amide bonds. The first-order valence-corrected chi connectivity index (χ1v) is 9.84. The first-order valence-electron chi connectivity index (χ1n) is 9.84. The number of hydrogen-bond donors (Lipinski definition) is 2. The summed E-state index contributed by atoms with van der Waals surface area (Å²) in [7, 11) is 0. The maximum absolute atomic E-state index is 12.8. The number of aromatic amines is 1. The van der Waals surface area contributed by atoms with Crippen molar-refractivity contribution in [1.82, 2.24) is 15.1 Å². The Morgan fingerprint density at radius 1 is 1.30 bits per heavy atom. The van der Waals surface area contributed by atoms with Gasteiger partial charge in [-0.1, -0.05) is 13.8 Å². The molecule has 1 aliphatic carbocycles. The summed E-state index contributed by atoms with van der Waals surface area (Å²) in [6.07, 6.45) is 2.51. The highest BCUT2D eigenvalue weighted by atomic mass is 16.5. The highest BCUT2D eigenvalue weighted by Crippen LogP contribution is 2.41. The molecule has 4 rings (SSSR count). The van der Waals surface area contributed by atoms with Crippen molar-refractivity contribution in [2.75, 3.05) is 19.7 Å². The van der Waals surface area contributed by atoms with E-state index in [-0.39, 0.29) is 11.9 Å².